The maximum atomic E-state index is 10.2. The summed E-state index contributed by atoms with van der Waals surface area (Å²) in [4.78, 5) is 0. The minimum Gasteiger partial charge on any atom is -0.508 e. The van der Waals surface area contributed by atoms with E-state index in [1.165, 1.54) is 0 Å². The van der Waals surface area contributed by atoms with Crippen molar-refractivity contribution in [2.75, 3.05) is 20.3 Å². The van der Waals surface area contributed by atoms with Crippen molar-refractivity contribution in [3.63, 3.8) is 0 Å². The second kappa shape index (κ2) is 7.04. The first kappa shape index (κ1) is 15.9. The molecule has 1 aliphatic carbocycles. The highest BCUT2D eigenvalue weighted by Gasteiger charge is 2.20. The Morgan fingerprint density at radius 2 is 2.09 bits per heavy atom. The van der Waals surface area contributed by atoms with Gasteiger partial charge in [0.1, 0.15) is 25.2 Å². The van der Waals surface area contributed by atoms with Gasteiger partial charge in [-0.15, -0.1) is 0 Å². The fraction of sp³-hybridized carbons (Fsp3) is 0.412. The van der Waals surface area contributed by atoms with Crippen LogP contribution in [0, 0.1) is 0 Å². The minimum absolute atomic E-state index is 0.0466. The molecule has 23 heavy (non-hydrogen) atoms. The highest BCUT2D eigenvalue weighted by atomic mass is 16.6. The average Bonchev–Trinajstić information content (AvgIpc) is 2.59. The number of aliphatic hydroxyl groups excluding tert-OH is 2. The fourth-order valence-corrected chi connectivity index (χ4v) is 2.63. The lowest BCUT2D eigenvalue weighted by atomic mass is 10.0. The molecule has 0 spiro atoms. The van der Waals surface area contributed by atoms with Crippen LogP contribution in [0.2, 0.25) is 0 Å². The van der Waals surface area contributed by atoms with Crippen LogP contribution in [0.1, 0.15) is 12.0 Å². The van der Waals surface area contributed by atoms with Gasteiger partial charge in [-0.1, -0.05) is 12.1 Å². The first-order chi connectivity index (χ1) is 11.2. The van der Waals surface area contributed by atoms with E-state index in [1.807, 2.05) is 18.2 Å². The van der Waals surface area contributed by atoms with Crippen LogP contribution in [0.25, 0.3) is 0 Å². The molecule has 3 N–H and O–H groups in total. The zero-order valence-electron chi connectivity index (χ0n) is 13.0. The quantitative estimate of drug-likeness (QED) is 0.716. The number of hydrogen-bond donors (Lipinski definition) is 3. The van der Waals surface area contributed by atoms with Gasteiger partial charge in [-0.3, -0.25) is 5.32 Å². The van der Waals surface area contributed by atoms with Crippen LogP contribution >= 0.6 is 0 Å². The summed E-state index contributed by atoms with van der Waals surface area (Å²) in [7, 11) is 1.59. The van der Waals surface area contributed by atoms with Crippen molar-refractivity contribution in [3.8, 4) is 11.5 Å². The Kier molecular flexibility index (Phi) is 4.85. The second-order valence-electron chi connectivity index (χ2n) is 5.48. The van der Waals surface area contributed by atoms with Crippen LogP contribution in [0.3, 0.4) is 0 Å². The van der Waals surface area contributed by atoms with E-state index in [-0.39, 0.29) is 11.9 Å². The lowest BCUT2D eigenvalue weighted by Gasteiger charge is -2.22. The van der Waals surface area contributed by atoms with E-state index in [9.17, 15) is 10.2 Å². The Labute approximate surface area is 135 Å². The van der Waals surface area contributed by atoms with Gasteiger partial charge in [-0.05, 0) is 30.2 Å². The first-order valence-corrected chi connectivity index (χ1v) is 7.61. The summed E-state index contributed by atoms with van der Waals surface area (Å²) >= 11 is 0. The summed E-state index contributed by atoms with van der Waals surface area (Å²) in [6.45, 7) is 1.54. The SMILES string of the molecule is COC1C=C(O)C(C(O)NCc2ccc3c(c2)OCCO3)=CC1. The fourth-order valence-electron chi connectivity index (χ4n) is 2.63. The monoisotopic (exact) mass is 319 g/mol. The summed E-state index contributed by atoms with van der Waals surface area (Å²) in [6.07, 6.45) is 2.91. The van der Waals surface area contributed by atoms with Crippen molar-refractivity contribution in [1.82, 2.24) is 5.32 Å². The third-order valence-electron chi connectivity index (χ3n) is 3.91. The Hall–Kier alpha value is -2.02. The topological polar surface area (TPSA) is 80.2 Å². The Morgan fingerprint density at radius 3 is 2.83 bits per heavy atom. The Balaban J connectivity index is 1.60. The van der Waals surface area contributed by atoms with Gasteiger partial charge >= 0.3 is 0 Å². The van der Waals surface area contributed by atoms with Gasteiger partial charge in [0.25, 0.3) is 0 Å². The minimum atomic E-state index is -0.947. The summed E-state index contributed by atoms with van der Waals surface area (Å²) in [6, 6.07) is 5.66. The van der Waals surface area contributed by atoms with E-state index in [0.29, 0.717) is 37.5 Å². The molecular weight excluding hydrogens is 298 g/mol. The molecule has 0 fully saturated rings. The summed E-state index contributed by atoms with van der Waals surface area (Å²) < 4.78 is 16.2. The smallest absolute Gasteiger partial charge is 0.161 e. The third-order valence-corrected chi connectivity index (χ3v) is 3.91. The Morgan fingerprint density at radius 1 is 1.30 bits per heavy atom. The molecule has 1 aliphatic heterocycles. The van der Waals surface area contributed by atoms with Gasteiger partial charge in [0.2, 0.25) is 0 Å². The van der Waals surface area contributed by atoms with Crippen LogP contribution in [-0.2, 0) is 11.3 Å². The van der Waals surface area contributed by atoms with Gasteiger partial charge in [0.15, 0.2) is 11.5 Å². The molecule has 1 aromatic carbocycles. The molecule has 0 aromatic heterocycles. The van der Waals surface area contributed by atoms with Gasteiger partial charge in [-0.2, -0.15) is 0 Å². The number of aliphatic hydroxyl groups is 2. The van der Waals surface area contributed by atoms with Crippen molar-refractivity contribution in [2.45, 2.75) is 25.3 Å². The van der Waals surface area contributed by atoms with E-state index in [0.717, 1.165) is 11.3 Å². The maximum absolute atomic E-state index is 10.2. The summed E-state index contributed by atoms with van der Waals surface area (Å²) in [5.41, 5.74) is 1.43. The molecule has 0 saturated carbocycles. The van der Waals surface area contributed by atoms with Crippen LogP contribution in [0.15, 0.2) is 41.7 Å². The maximum Gasteiger partial charge on any atom is 0.161 e. The first-order valence-electron chi connectivity index (χ1n) is 7.61. The molecule has 0 radical (unpaired) electrons. The number of ether oxygens (including phenoxy) is 3. The highest BCUT2D eigenvalue weighted by Crippen LogP contribution is 2.30. The molecule has 0 saturated heterocycles. The molecule has 6 heteroatoms. The van der Waals surface area contributed by atoms with Crippen molar-refractivity contribution >= 4 is 0 Å². The molecule has 1 aromatic rings. The second-order valence-corrected chi connectivity index (χ2v) is 5.48. The molecule has 1 heterocycles. The van der Waals surface area contributed by atoms with Crippen LogP contribution in [-0.4, -0.2) is 42.9 Å². The Bertz CT molecular complexity index is 625. The number of rotatable bonds is 5. The number of nitrogens with one attached hydrogen (secondary N) is 1. The van der Waals surface area contributed by atoms with E-state index >= 15 is 0 Å². The zero-order chi connectivity index (χ0) is 16.2. The number of hydrogen-bond acceptors (Lipinski definition) is 6. The van der Waals surface area contributed by atoms with Crippen molar-refractivity contribution in [2.24, 2.45) is 0 Å². The van der Waals surface area contributed by atoms with Crippen molar-refractivity contribution in [1.29, 1.82) is 0 Å². The van der Waals surface area contributed by atoms with Gasteiger partial charge in [-0.25, -0.2) is 0 Å². The van der Waals surface area contributed by atoms with Crippen molar-refractivity contribution < 1.29 is 24.4 Å². The molecular formula is C17H21NO5. The average molecular weight is 319 g/mol. The van der Waals surface area contributed by atoms with Crippen LogP contribution in [0.5, 0.6) is 11.5 Å². The zero-order valence-corrected chi connectivity index (χ0v) is 13.0. The molecule has 2 unspecified atom stereocenters. The van der Waals surface area contributed by atoms with Gasteiger partial charge in [0, 0.05) is 19.2 Å². The van der Waals surface area contributed by atoms with E-state index in [1.54, 1.807) is 19.3 Å². The number of methoxy groups -OCH3 is 1. The molecule has 0 amide bonds. The normalized spacial score (nSPS) is 21.4. The van der Waals surface area contributed by atoms with E-state index in [4.69, 9.17) is 14.2 Å². The van der Waals surface area contributed by atoms with Crippen LogP contribution in [0.4, 0.5) is 0 Å². The van der Waals surface area contributed by atoms with E-state index < -0.39 is 6.23 Å². The van der Waals surface area contributed by atoms with Crippen molar-refractivity contribution in [3.05, 3.63) is 47.2 Å². The predicted octanol–water partition coefficient (Wildman–Crippen LogP) is 1.65. The third kappa shape index (κ3) is 3.67. The largest absolute Gasteiger partial charge is 0.508 e. The highest BCUT2D eigenvalue weighted by molar-refractivity contribution is 5.44. The predicted molar refractivity (Wildman–Crippen MR) is 84.5 cm³/mol. The standard InChI is InChI=1S/C17H21NO5/c1-21-12-3-4-13(14(19)9-12)17(20)18-10-11-2-5-15-16(8-11)23-7-6-22-15/h2,4-5,8-9,12,17-20H,3,6-7,10H2,1H3. The molecule has 6 nitrogen and oxygen atoms in total. The van der Waals surface area contributed by atoms with Crippen LogP contribution < -0.4 is 14.8 Å². The molecule has 0 bridgehead atoms. The number of fused-ring (bicyclic) bond motifs is 1. The summed E-state index contributed by atoms with van der Waals surface area (Å²) in [5, 5.41) is 23.2. The van der Waals surface area contributed by atoms with Gasteiger partial charge in [0.05, 0.1) is 6.10 Å². The lowest BCUT2D eigenvalue weighted by molar-refractivity contribution is 0.129. The molecule has 124 valence electrons. The number of benzene rings is 1. The lowest BCUT2D eigenvalue weighted by Crippen LogP contribution is -2.32. The molecule has 3 rings (SSSR count). The molecule has 2 aliphatic rings. The van der Waals surface area contributed by atoms with E-state index in [2.05, 4.69) is 5.32 Å². The summed E-state index contributed by atoms with van der Waals surface area (Å²) in [5.74, 6) is 1.50. The molecule has 2 atom stereocenters. The van der Waals surface area contributed by atoms with Gasteiger partial charge < -0.3 is 24.4 Å².